The van der Waals surface area contributed by atoms with Gasteiger partial charge in [-0.25, -0.2) is 0 Å². The Bertz CT molecular complexity index is 197. The van der Waals surface area contributed by atoms with E-state index in [0.29, 0.717) is 6.42 Å². The molecule has 0 aliphatic carbocycles. The van der Waals surface area contributed by atoms with Crippen LogP contribution in [0, 0.1) is 0 Å². The van der Waals surface area contributed by atoms with Crippen molar-refractivity contribution in [3.05, 3.63) is 0 Å². The van der Waals surface area contributed by atoms with Crippen LogP contribution < -0.4 is 5.73 Å². The molecule has 0 bridgehead atoms. The third-order valence-corrected chi connectivity index (χ3v) is 2.26. The minimum absolute atomic E-state index is 0.301. The van der Waals surface area contributed by atoms with Gasteiger partial charge in [0.2, 0.25) is 1.43 Å². The van der Waals surface area contributed by atoms with E-state index in [1.165, 1.54) is 0 Å². The number of hydrogen-bond acceptors (Lipinski definition) is 4. The molecule has 12 heavy (non-hydrogen) atoms. The van der Waals surface area contributed by atoms with E-state index in [1.54, 1.807) is 20.8 Å². The standard InChI is InChI=1S/C8H17NO3/c1-5-6(10)7(2,9)4-8(3,11)12-5/h5-6,10-11H,4,9H2,1-3H3/t5-,6?,7?,8+/m0/s1/i11T. The molecule has 1 rings (SSSR count). The summed E-state index contributed by atoms with van der Waals surface area (Å²) in [6.07, 6.45) is -0.843. The van der Waals surface area contributed by atoms with Crippen molar-refractivity contribution >= 4 is 0 Å². The predicted molar refractivity (Wildman–Crippen MR) is 44.4 cm³/mol. The fraction of sp³-hybridized carbons (Fsp3) is 1.00. The van der Waals surface area contributed by atoms with E-state index >= 15 is 0 Å². The molecular formula is C8H17NO3. The van der Waals surface area contributed by atoms with Gasteiger partial charge in [0.05, 0.1) is 12.2 Å². The van der Waals surface area contributed by atoms with E-state index in [-0.39, 0.29) is 0 Å². The minimum Gasteiger partial charge on any atom is -0.389 e. The van der Waals surface area contributed by atoms with Gasteiger partial charge in [-0.05, 0) is 20.8 Å². The van der Waals surface area contributed by atoms with Crippen molar-refractivity contribution in [3.63, 3.8) is 0 Å². The van der Waals surface area contributed by atoms with Gasteiger partial charge in [-0.3, -0.25) is 0 Å². The van der Waals surface area contributed by atoms with Crippen LogP contribution in [0.25, 0.3) is 0 Å². The summed E-state index contributed by atoms with van der Waals surface area (Å²) in [6, 6.07) is 0. The van der Waals surface area contributed by atoms with E-state index in [0.717, 1.165) is 0 Å². The van der Waals surface area contributed by atoms with Crippen LogP contribution >= 0.6 is 0 Å². The van der Waals surface area contributed by atoms with Crippen molar-refractivity contribution in [1.82, 2.24) is 0 Å². The highest BCUT2D eigenvalue weighted by Gasteiger charge is 2.46. The van der Waals surface area contributed by atoms with Gasteiger partial charge in [0.15, 0.2) is 5.79 Å². The first-order valence-corrected chi connectivity index (χ1v) is 4.10. The van der Waals surface area contributed by atoms with Crippen LogP contribution in [0.4, 0.5) is 0 Å². The zero-order chi connectivity index (χ0) is 10.3. The van der Waals surface area contributed by atoms with Crippen LogP contribution in [0.5, 0.6) is 0 Å². The summed E-state index contributed by atoms with van der Waals surface area (Å²) >= 11 is 0. The van der Waals surface area contributed by atoms with Gasteiger partial charge in [-0.15, -0.1) is 0 Å². The second-order valence-corrected chi connectivity index (χ2v) is 4.08. The van der Waals surface area contributed by atoms with E-state index in [4.69, 9.17) is 11.9 Å². The van der Waals surface area contributed by atoms with Gasteiger partial charge in [0.25, 0.3) is 0 Å². The Morgan fingerprint density at radius 2 is 2.25 bits per heavy atom. The SMILES string of the molecule is [3H]O[C@@]1(C)CC(C)(N)C(O)[C@H](C)O1. The lowest BCUT2D eigenvalue weighted by Gasteiger charge is -2.46. The third kappa shape index (κ3) is 1.77. The van der Waals surface area contributed by atoms with Gasteiger partial charge in [0.1, 0.15) is 0 Å². The number of aliphatic hydroxyl groups excluding tert-OH is 1. The summed E-state index contributed by atoms with van der Waals surface area (Å²) in [7, 11) is 0. The van der Waals surface area contributed by atoms with Crippen LogP contribution in [-0.4, -0.2) is 35.2 Å². The fourth-order valence-electron chi connectivity index (χ4n) is 1.83. The van der Waals surface area contributed by atoms with E-state index < -0.39 is 23.5 Å². The number of rotatable bonds is 1. The molecule has 4 N–H and O–H groups in total. The highest BCUT2D eigenvalue weighted by molar-refractivity contribution is 4.97. The van der Waals surface area contributed by atoms with Gasteiger partial charge in [-0.2, -0.15) is 0 Å². The predicted octanol–water partition coefficient (Wildman–Crippen LogP) is -0.418. The zero-order valence-electron chi connectivity index (χ0n) is 8.70. The highest BCUT2D eigenvalue weighted by atomic mass is 16.6. The molecule has 1 fully saturated rings. The summed E-state index contributed by atoms with van der Waals surface area (Å²) < 4.78 is 12.2. The molecule has 1 aliphatic heterocycles. The minimum atomic E-state index is -1.01. The topological polar surface area (TPSA) is 75.7 Å². The maximum Gasteiger partial charge on any atom is 0.214 e. The average molecular weight is 177 g/mol. The lowest BCUT2D eigenvalue weighted by Crippen LogP contribution is -2.63. The molecule has 0 spiro atoms. The molecule has 1 heterocycles. The van der Waals surface area contributed by atoms with Crippen molar-refractivity contribution in [1.29, 1.82) is 1.43 Å². The summed E-state index contributed by atoms with van der Waals surface area (Å²) in [6.45, 7) is 5.09. The first-order valence-electron chi connectivity index (χ1n) is 4.51. The molecule has 2 unspecified atom stereocenters. The van der Waals surface area contributed by atoms with Crippen molar-refractivity contribution in [2.24, 2.45) is 5.73 Å². The quantitative estimate of drug-likeness (QED) is 0.508. The van der Waals surface area contributed by atoms with Crippen LogP contribution in [0.15, 0.2) is 0 Å². The molecule has 1 saturated heterocycles. The van der Waals surface area contributed by atoms with E-state index in [9.17, 15) is 5.11 Å². The number of aliphatic hydroxyl groups is 2. The van der Waals surface area contributed by atoms with Crippen molar-refractivity contribution in [2.75, 3.05) is 0 Å². The molecule has 0 amide bonds. The Labute approximate surface area is 73.8 Å². The largest absolute Gasteiger partial charge is 0.389 e. The van der Waals surface area contributed by atoms with Crippen LogP contribution in [0.2, 0.25) is 0 Å². The second kappa shape index (κ2) is 2.67. The Morgan fingerprint density at radius 3 is 2.67 bits per heavy atom. The Hall–Kier alpha value is -0.160. The summed E-state index contributed by atoms with van der Waals surface area (Å²) in [4.78, 5) is 0. The first-order chi connectivity index (χ1) is 5.81. The van der Waals surface area contributed by atoms with Crippen molar-refractivity contribution in [3.8, 4) is 0 Å². The van der Waals surface area contributed by atoms with Crippen LogP contribution in [0.3, 0.4) is 0 Å². The van der Waals surface area contributed by atoms with Crippen LogP contribution in [0.1, 0.15) is 27.2 Å². The first kappa shape index (κ1) is 8.44. The number of hydrogen-bond donors (Lipinski definition) is 3. The van der Waals surface area contributed by atoms with Gasteiger partial charge >= 0.3 is 0 Å². The monoisotopic (exact) mass is 177 g/mol. The lowest BCUT2D eigenvalue weighted by molar-refractivity contribution is -0.279. The molecule has 4 heteroatoms. The molecule has 0 aromatic heterocycles. The summed E-state index contributed by atoms with van der Waals surface area (Å²) in [5.74, 6) is -1.01. The molecule has 4 nitrogen and oxygen atoms in total. The molecule has 0 saturated carbocycles. The number of nitrogens with two attached hydrogens (primary N) is 1. The number of ether oxygens (including phenoxy) is 1. The normalized spacial score (nSPS) is 56.6. The molecule has 1 aliphatic rings. The average Bonchev–Trinajstić information content (AvgIpc) is 2.00. The Balaban J connectivity index is 2.81. The zero-order valence-corrected chi connectivity index (χ0v) is 7.70. The molecular weight excluding hydrogens is 158 g/mol. The summed E-state index contributed by atoms with van der Waals surface area (Å²) in [5, 5.41) is 14.1. The fourth-order valence-corrected chi connectivity index (χ4v) is 1.83. The molecule has 0 aromatic carbocycles. The van der Waals surface area contributed by atoms with Gasteiger partial charge in [-0.1, -0.05) is 0 Å². The second-order valence-electron chi connectivity index (χ2n) is 4.08. The molecule has 0 radical (unpaired) electrons. The lowest BCUT2D eigenvalue weighted by atomic mass is 9.83. The van der Waals surface area contributed by atoms with E-state index in [2.05, 4.69) is 5.11 Å². The molecule has 72 valence electrons. The Kier molecular flexibility index (Phi) is 1.88. The maximum absolute atomic E-state index is 9.67. The Morgan fingerprint density at radius 1 is 1.67 bits per heavy atom. The van der Waals surface area contributed by atoms with Crippen molar-refractivity contribution in [2.45, 2.75) is 50.7 Å². The molecule has 0 aromatic rings. The van der Waals surface area contributed by atoms with Gasteiger partial charge in [0, 0.05) is 12.0 Å². The van der Waals surface area contributed by atoms with Crippen molar-refractivity contribution < 1.29 is 15.0 Å². The smallest absolute Gasteiger partial charge is 0.214 e. The maximum atomic E-state index is 9.67. The molecule has 4 atom stereocenters. The van der Waals surface area contributed by atoms with Crippen LogP contribution in [-0.2, 0) is 4.74 Å². The van der Waals surface area contributed by atoms with E-state index in [1.807, 2.05) is 0 Å². The van der Waals surface area contributed by atoms with Gasteiger partial charge < -0.3 is 20.7 Å². The third-order valence-electron chi connectivity index (χ3n) is 2.26. The highest BCUT2D eigenvalue weighted by Crippen LogP contribution is 2.32. The summed E-state index contributed by atoms with van der Waals surface area (Å²) in [5.41, 5.74) is 5.10.